The van der Waals surface area contributed by atoms with Crippen molar-refractivity contribution in [1.29, 1.82) is 0 Å². The lowest BCUT2D eigenvalue weighted by Crippen LogP contribution is -2.23. The number of nitrogens with zero attached hydrogens (tertiary/aromatic N) is 4. The molecule has 0 amide bonds. The van der Waals surface area contributed by atoms with E-state index in [2.05, 4.69) is 19.9 Å². The van der Waals surface area contributed by atoms with Gasteiger partial charge in [0.15, 0.2) is 0 Å². The monoisotopic (exact) mass is 268 g/mol. The third-order valence-electron chi connectivity index (χ3n) is 3.86. The summed E-state index contributed by atoms with van der Waals surface area (Å²) < 4.78 is 5.31. The fourth-order valence-electron chi connectivity index (χ4n) is 3.06. The summed E-state index contributed by atoms with van der Waals surface area (Å²) in [7, 11) is 0. The molecule has 18 heavy (non-hydrogen) atoms. The van der Waals surface area contributed by atoms with E-state index in [1.807, 2.05) is 6.92 Å². The van der Waals surface area contributed by atoms with Crippen LogP contribution in [-0.2, 0) is 0 Å². The first kappa shape index (κ1) is 12.0. The molecule has 2 unspecified atom stereocenters. The molecule has 0 aromatic carbocycles. The van der Waals surface area contributed by atoms with E-state index < -0.39 is 0 Å². The SMILES string of the molecule is CCOc1nc(Cl)nc(N2CC3CCCC3C2)n1. The number of fused-ring (bicyclic) bond motifs is 1. The van der Waals surface area contributed by atoms with Crippen molar-refractivity contribution in [2.75, 3.05) is 24.6 Å². The van der Waals surface area contributed by atoms with Gasteiger partial charge in [0.05, 0.1) is 6.61 Å². The fourth-order valence-corrected chi connectivity index (χ4v) is 3.20. The Hall–Kier alpha value is -1.10. The number of aromatic nitrogens is 3. The summed E-state index contributed by atoms with van der Waals surface area (Å²) in [6.45, 7) is 4.51. The van der Waals surface area contributed by atoms with Crippen molar-refractivity contribution >= 4 is 17.5 Å². The number of hydrogen-bond donors (Lipinski definition) is 0. The third-order valence-corrected chi connectivity index (χ3v) is 4.03. The second-order valence-electron chi connectivity index (χ2n) is 4.98. The maximum absolute atomic E-state index is 5.92. The van der Waals surface area contributed by atoms with E-state index in [0.717, 1.165) is 24.9 Å². The van der Waals surface area contributed by atoms with Crippen molar-refractivity contribution in [2.24, 2.45) is 11.8 Å². The van der Waals surface area contributed by atoms with Gasteiger partial charge in [0.2, 0.25) is 11.2 Å². The topological polar surface area (TPSA) is 51.1 Å². The van der Waals surface area contributed by atoms with Crippen LogP contribution in [0.3, 0.4) is 0 Å². The zero-order chi connectivity index (χ0) is 12.5. The summed E-state index contributed by atoms with van der Waals surface area (Å²) in [5, 5.41) is 0.209. The van der Waals surface area contributed by atoms with Gasteiger partial charge in [-0.2, -0.15) is 15.0 Å². The highest BCUT2D eigenvalue weighted by Crippen LogP contribution is 2.38. The molecule has 0 bridgehead atoms. The molecule has 0 N–H and O–H groups in total. The molecule has 1 aliphatic carbocycles. The van der Waals surface area contributed by atoms with Gasteiger partial charge in [0.25, 0.3) is 0 Å². The quantitative estimate of drug-likeness (QED) is 0.841. The summed E-state index contributed by atoms with van der Waals surface area (Å²) in [6.07, 6.45) is 4.03. The van der Waals surface area contributed by atoms with Crippen molar-refractivity contribution in [3.8, 4) is 6.01 Å². The van der Waals surface area contributed by atoms with Gasteiger partial charge in [0, 0.05) is 13.1 Å². The largest absolute Gasteiger partial charge is 0.464 e. The number of halogens is 1. The fraction of sp³-hybridized carbons (Fsp3) is 0.750. The van der Waals surface area contributed by atoms with E-state index >= 15 is 0 Å². The zero-order valence-corrected chi connectivity index (χ0v) is 11.2. The van der Waals surface area contributed by atoms with Crippen LogP contribution < -0.4 is 9.64 Å². The van der Waals surface area contributed by atoms with Crippen molar-refractivity contribution in [3.05, 3.63) is 5.28 Å². The summed E-state index contributed by atoms with van der Waals surface area (Å²) in [5.41, 5.74) is 0. The number of ether oxygens (including phenoxy) is 1. The molecule has 2 heterocycles. The van der Waals surface area contributed by atoms with E-state index in [0.29, 0.717) is 18.6 Å². The van der Waals surface area contributed by atoms with Crippen LogP contribution in [-0.4, -0.2) is 34.6 Å². The summed E-state index contributed by atoms with van der Waals surface area (Å²) in [4.78, 5) is 14.7. The van der Waals surface area contributed by atoms with Crippen LogP contribution in [0.4, 0.5) is 5.95 Å². The van der Waals surface area contributed by atoms with E-state index in [9.17, 15) is 0 Å². The highest BCUT2D eigenvalue weighted by atomic mass is 35.5. The lowest BCUT2D eigenvalue weighted by Gasteiger charge is -2.17. The molecule has 1 aromatic heterocycles. The minimum atomic E-state index is 0.209. The predicted molar refractivity (Wildman–Crippen MR) is 69.1 cm³/mol. The second kappa shape index (κ2) is 4.88. The number of rotatable bonds is 3. The van der Waals surface area contributed by atoms with Gasteiger partial charge >= 0.3 is 6.01 Å². The molecule has 98 valence electrons. The highest BCUT2D eigenvalue weighted by Gasteiger charge is 2.37. The third kappa shape index (κ3) is 2.23. The van der Waals surface area contributed by atoms with Crippen molar-refractivity contribution in [3.63, 3.8) is 0 Å². The van der Waals surface area contributed by atoms with Crippen LogP contribution in [0.25, 0.3) is 0 Å². The lowest BCUT2D eigenvalue weighted by molar-refractivity contribution is 0.311. The molecule has 5 nitrogen and oxygen atoms in total. The van der Waals surface area contributed by atoms with Crippen molar-refractivity contribution in [2.45, 2.75) is 26.2 Å². The van der Waals surface area contributed by atoms with Gasteiger partial charge in [-0.25, -0.2) is 0 Å². The normalized spacial score (nSPS) is 26.4. The summed E-state index contributed by atoms with van der Waals surface area (Å²) in [5.74, 6) is 2.26. The van der Waals surface area contributed by atoms with Gasteiger partial charge < -0.3 is 9.64 Å². The average molecular weight is 269 g/mol. The first-order chi connectivity index (χ1) is 8.76. The minimum Gasteiger partial charge on any atom is -0.464 e. The minimum absolute atomic E-state index is 0.209. The number of hydrogen-bond acceptors (Lipinski definition) is 5. The van der Waals surface area contributed by atoms with Crippen LogP contribution in [0.5, 0.6) is 6.01 Å². The van der Waals surface area contributed by atoms with E-state index in [1.54, 1.807) is 0 Å². The van der Waals surface area contributed by atoms with E-state index in [-0.39, 0.29) is 5.28 Å². The molecule has 0 radical (unpaired) electrons. The van der Waals surface area contributed by atoms with E-state index in [4.69, 9.17) is 16.3 Å². The first-order valence-corrected chi connectivity index (χ1v) is 6.93. The maximum Gasteiger partial charge on any atom is 0.322 e. The van der Waals surface area contributed by atoms with Crippen LogP contribution >= 0.6 is 11.6 Å². The maximum atomic E-state index is 5.92. The molecule has 1 aliphatic heterocycles. The van der Waals surface area contributed by atoms with Gasteiger partial charge in [-0.1, -0.05) is 6.42 Å². The first-order valence-electron chi connectivity index (χ1n) is 6.55. The Kier molecular flexibility index (Phi) is 3.24. The Morgan fingerprint density at radius 3 is 2.61 bits per heavy atom. The Bertz CT molecular complexity index is 430. The Morgan fingerprint density at radius 1 is 1.22 bits per heavy atom. The second-order valence-corrected chi connectivity index (χ2v) is 5.31. The van der Waals surface area contributed by atoms with Crippen LogP contribution in [0.15, 0.2) is 0 Å². The zero-order valence-electron chi connectivity index (χ0n) is 10.5. The van der Waals surface area contributed by atoms with Crippen LogP contribution in [0.1, 0.15) is 26.2 Å². The molecule has 1 saturated heterocycles. The standard InChI is InChI=1S/C12H17ClN4O/c1-2-18-12-15-10(13)14-11(16-12)17-6-8-4-3-5-9(8)7-17/h8-9H,2-7H2,1H3. The Morgan fingerprint density at radius 2 is 1.94 bits per heavy atom. The highest BCUT2D eigenvalue weighted by molar-refractivity contribution is 6.28. The average Bonchev–Trinajstić information content (AvgIpc) is 2.88. The molecule has 2 atom stereocenters. The summed E-state index contributed by atoms with van der Waals surface area (Å²) in [6, 6.07) is 0.324. The van der Waals surface area contributed by atoms with E-state index in [1.165, 1.54) is 19.3 Å². The molecular formula is C12H17ClN4O. The molecule has 2 fully saturated rings. The smallest absolute Gasteiger partial charge is 0.322 e. The van der Waals surface area contributed by atoms with Gasteiger partial charge in [0.1, 0.15) is 0 Å². The molecule has 0 spiro atoms. The Labute approximate surface area is 112 Å². The van der Waals surface area contributed by atoms with Crippen LogP contribution in [0, 0.1) is 11.8 Å². The van der Waals surface area contributed by atoms with Gasteiger partial charge in [-0.3, -0.25) is 0 Å². The Balaban J connectivity index is 1.79. The molecule has 1 saturated carbocycles. The molecule has 2 aliphatic rings. The lowest BCUT2D eigenvalue weighted by atomic mass is 10.0. The van der Waals surface area contributed by atoms with Crippen LogP contribution in [0.2, 0.25) is 5.28 Å². The predicted octanol–water partition coefficient (Wildman–Crippen LogP) is 2.16. The molecule has 3 rings (SSSR count). The van der Waals surface area contributed by atoms with Crippen molar-refractivity contribution < 1.29 is 4.74 Å². The van der Waals surface area contributed by atoms with Crippen molar-refractivity contribution in [1.82, 2.24) is 15.0 Å². The molecular weight excluding hydrogens is 252 g/mol. The van der Waals surface area contributed by atoms with Gasteiger partial charge in [-0.15, -0.1) is 0 Å². The molecule has 1 aromatic rings. The summed E-state index contributed by atoms with van der Waals surface area (Å²) >= 11 is 5.92. The molecule has 6 heteroatoms. The van der Waals surface area contributed by atoms with Gasteiger partial charge in [-0.05, 0) is 43.2 Å². The number of anilines is 1.